The molecule has 1 aromatic heterocycles. The highest BCUT2D eigenvalue weighted by molar-refractivity contribution is 5.74. The van der Waals surface area contributed by atoms with Gasteiger partial charge in [-0.25, -0.2) is 4.79 Å². The summed E-state index contributed by atoms with van der Waals surface area (Å²) in [5, 5.41) is 0. The second-order valence-corrected chi connectivity index (χ2v) is 6.02. The van der Waals surface area contributed by atoms with E-state index in [1.807, 2.05) is 23.1 Å². The average molecular weight is 305 g/mol. The van der Waals surface area contributed by atoms with E-state index >= 15 is 0 Å². The Morgan fingerprint density at radius 2 is 2.32 bits per heavy atom. The van der Waals surface area contributed by atoms with Gasteiger partial charge in [0.05, 0.1) is 31.1 Å². The fraction of sp³-hybridized carbons (Fsp3) is 0.625. The second kappa shape index (κ2) is 6.62. The number of carbonyl (C=O) groups excluding carboxylic acids is 1. The largest absolute Gasteiger partial charge is 0.372 e. The highest BCUT2D eigenvalue weighted by atomic mass is 16.5. The van der Waals surface area contributed by atoms with Gasteiger partial charge >= 0.3 is 6.03 Å². The van der Waals surface area contributed by atoms with Gasteiger partial charge < -0.3 is 19.3 Å². The Morgan fingerprint density at radius 3 is 3.05 bits per heavy atom. The summed E-state index contributed by atoms with van der Waals surface area (Å²) >= 11 is 0. The summed E-state index contributed by atoms with van der Waals surface area (Å²) in [6, 6.07) is 5.98. The summed E-state index contributed by atoms with van der Waals surface area (Å²) in [5.74, 6) is 0. The lowest BCUT2D eigenvalue weighted by atomic mass is 10.1. The lowest BCUT2D eigenvalue weighted by Gasteiger charge is -2.40. The number of nitrogens with zero attached hydrogens (tertiary/aromatic N) is 3. The minimum absolute atomic E-state index is 0.0265. The van der Waals surface area contributed by atoms with Crippen molar-refractivity contribution in [3.8, 4) is 0 Å². The number of carbonyl (C=O) groups is 1. The van der Waals surface area contributed by atoms with Gasteiger partial charge in [0.15, 0.2) is 0 Å². The summed E-state index contributed by atoms with van der Waals surface area (Å²) in [7, 11) is 3.58. The van der Waals surface area contributed by atoms with Gasteiger partial charge in [0.2, 0.25) is 0 Å². The Bertz CT molecular complexity index is 509. The summed E-state index contributed by atoms with van der Waals surface area (Å²) in [4.78, 5) is 20.1. The van der Waals surface area contributed by atoms with Crippen LogP contribution in [0.1, 0.15) is 18.5 Å². The third-order valence-corrected chi connectivity index (χ3v) is 4.34. The van der Waals surface area contributed by atoms with E-state index in [0.717, 1.165) is 18.5 Å². The zero-order valence-corrected chi connectivity index (χ0v) is 13.1. The van der Waals surface area contributed by atoms with Crippen molar-refractivity contribution in [1.82, 2.24) is 14.8 Å². The molecule has 1 saturated carbocycles. The molecule has 0 radical (unpaired) electrons. The normalized spacial score (nSPS) is 27.5. The van der Waals surface area contributed by atoms with Crippen molar-refractivity contribution in [3.63, 3.8) is 0 Å². The molecule has 3 rings (SSSR count). The number of aromatic nitrogens is 1. The van der Waals surface area contributed by atoms with Crippen molar-refractivity contribution in [2.45, 2.75) is 37.7 Å². The topological polar surface area (TPSA) is 54.9 Å². The predicted octanol–water partition coefficient (Wildman–Crippen LogP) is 1.51. The molecule has 2 amide bonds. The first-order chi connectivity index (χ1) is 10.7. The molecule has 3 atom stereocenters. The number of urea groups is 1. The summed E-state index contributed by atoms with van der Waals surface area (Å²) in [5.41, 5.74) is 0.919. The molecule has 1 aromatic rings. The van der Waals surface area contributed by atoms with Crippen LogP contribution in [-0.4, -0.2) is 66.3 Å². The van der Waals surface area contributed by atoms with Crippen LogP contribution in [0.2, 0.25) is 0 Å². The molecular formula is C16H23N3O3. The standard InChI is InChI=1S/C16H23N3O3/c1-18(2)16(20)19-9-10-21-15-13(19)6-7-14(15)22-11-12-5-3-4-8-17-12/h3-5,8,13-15H,6-7,9-11H2,1-2H3/t13-,14+,15+/m0/s1. The van der Waals surface area contributed by atoms with E-state index in [0.29, 0.717) is 19.8 Å². The molecule has 22 heavy (non-hydrogen) atoms. The summed E-state index contributed by atoms with van der Waals surface area (Å²) in [6.07, 6.45) is 3.62. The number of ether oxygens (including phenoxy) is 2. The number of rotatable bonds is 3. The van der Waals surface area contributed by atoms with Gasteiger partial charge in [0, 0.05) is 26.8 Å². The van der Waals surface area contributed by atoms with Crippen molar-refractivity contribution in [3.05, 3.63) is 30.1 Å². The molecule has 2 heterocycles. The minimum atomic E-state index is -0.0265. The first kappa shape index (κ1) is 15.2. The van der Waals surface area contributed by atoms with Gasteiger partial charge in [-0.2, -0.15) is 0 Å². The van der Waals surface area contributed by atoms with Crippen molar-refractivity contribution < 1.29 is 14.3 Å². The van der Waals surface area contributed by atoms with Crippen LogP contribution in [0.4, 0.5) is 4.79 Å². The Morgan fingerprint density at radius 1 is 1.45 bits per heavy atom. The van der Waals surface area contributed by atoms with Crippen LogP contribution in [0, 0.1) is 0 Å². The van der Waals surface area contributed by atoms with E-state index in [9.17, 15) is 4.79 Å². The first-order valence-electron chi connectivity index (χ1n) is 7.78. The predicted molar refractivity (Wildman–Crippen MR) is 81.4 cm³/mol. The highest BCUT2D eigenvalue weighted by Gasteiger charge is 2.45. The molecule has 6 nitrogen and oxygen atoms in total. The van der Waals surface area contributed by atoms with Crippen LogP contribution >= 0.6 is 0 Å². The second-order valence-electron chi connectivity index (χ2n) is 6.02. The number of morpholine rings is 1. The van der Waals surface area contributed by atoms with E-state index in [1.165, 1.54) is 0 Å². The number of fused-ring (bicyclic) bond motifs is 1. The van der Waals surface area contributed by atoms with Crippen LogP contribution in [0.15, 0.2) is 24.4 Å². The average Bonchev–Trinajstić information content (AvgIpc) is 2.96. The molecule has 0 aromatic carbocycles. The van der Waals surface area contributed by atoms with Crippen LogP contribution in [-0.2, 0) is 16.1 Å². The van der Waals surface area contributed by atoms with Crippen molar-refractivity contribution in [2.24, 2.45) is 0 Å². The monoisotopic (exact) mass is 305 g/mol. The molecule has 1 aliphatic heterocycles. The molecule has 2 fully saturated rings. The Labute approximate surface area is 131 Å². The van der Waals surface area contributed by atoms with E-state index in [1.54, 1.807) is 25.2 Å². The van der Waals surface area contributed by atoms with Crippen molar-refractivity contribution >= 4 is 6.03 Å². The maximum absolute atomic E-state index is 12.3. The van der Waals surface area contributed by atoms with Crippen LogP contribution < -0.4 is 0 Å². The van der Waals surface area contributed by atoms with Gasteiger partial charge in [-0.1, -0.05) is 6.07 Å². The number of amides is 2. The van der Waals surface area contributed by atoms with Gasteiger partial charge in [-0.15, -0.1) is 0 Å². The van der Waals surface area contributed by atoms with Crippen molar-refractivity contribution in [2.75, 3.05) is 27.2 Å². The first-order valence-corrected chi connectivity index (χ1v) is 7.78. The number of hydrogen-bond acceptors (Lipinski definition) is 4. The minimum Gasteiger partial charge on any atom is -0.372 e. The molecule has 0 bridgehead atoms. The Balaban J connectivity index is 1.61. The fourth-order valence-corrected chi connectivity index (χ4v) is 3.26. The van der Waals surface area contributed by atoms with E-state index < -0.39 is 0 Å². The van der Waals surface area contributed by atoms with Gasteiger partial charge in [-0.3, -0.25) is 4.98 Å². The molecule has 0 unspecified atom stereocenters. The maximum Gasteiger partial charge on any atom is 0.319 e. The lowest BCUT2D eigenvalue weighted by molar-refractivity contribution is -0.108. The quantitative estimate of drug-likeness (QED) is 0.849. The fourth-order valence-electron chi connectivity index (χ4n) is 3.26. The molecule has 0 spiro atoms. The van der Waals surface area contributed by atoms with Crippen LogP contribution in [0.5, 0.6) is 0 Å². The number of pyridine rings is 1. The van der Waals surface area contributed by atoms with Crippen LogP contribution in [0.25, 0.3) is 0 Å². The molecule has 2 aliphatic rings. The molecule has 1 aliphatic carbocycles. The Hall–Kier alpha value is -1.66. The molecule has 120 valence electrons. The zero-order valence-electron chi connectivity index (χ0n) is 13.1. The molecular weight excluding hydrogens is 282 g/mol. The van der Waals surface area contributed by atoms with Crippen LogP contribution in [0.3, 0.4) is 0 Å². The Kier molecular flexibility index (Phi) is 4.59. The molecule has 6 heteroatoms. The van der Waals surface area contributed by atoms with Gasteiger partial charge in [-0.05, 0) is 25.0 Å². The van der Waals surface area contributed by atoms with E-state index in [2.05, 4.69) is 4.98 Å². The maximum atomic E-state index is 12.3. The molecule has 1 saturated heterocycles. The smallest absolute Gasteiger partial charge is 0.319 e. The van der Waals surface area contributed by atoms with E-state index in [-0.39, 0.29) is 24.3 Å². The third kappa shape index (κ3) is 3.08. The lowest BCUT2D eigenvalue weighted by Crippen LogP contribution is -2.56. The summed E-state index contributed by atoms with van der Waals surface area (Å²) in [6.45, 7) is 1.72. The molecule has 0 N–H and O–H groups in total. The highest BCUT2D eigenvalue weighted by Crippen LogP contribution is 2.32. The van der Waals surface area contributed by atoms with Gasteiger partial charge in [0.25, 0.3) is 0 Å². The van der Waals surface area contributed by atoms with E-state index in [4.69, 9.17) is 9.47 Å². The summed E-state index contributed by atoms with van der Waals surface area (Å²) < 4.78 is 11.9. The van der Waals surface area contributed by atoms with Gasteiger partial charge in [0.1, 0.15) is 6.10 Å². The third-order valence-electron chi connectivity index (χ3n) is 4.34. The number of hydrogen-bond donors (Lipinski definition) is 0. The SMILES string of the molecule is CN(C)C(=O)N1CCO[C@H]2[C@H](OCc3ccccn3)CC[C@@H]21. The van der Waals surface area contributed by atoms with Crippen molar-refractivity contribution in [1.29, 1.82) is 0 Å². The zero-order chi connectivity index (χ0) is 15.5.